The quantitative estimate of drug-likeness (QED) is 0.602. The average molecular weight is 184 g/mol. The minimum atomic E-state index is 0.121. The van der Waals surface area contributed by atoms with Gasteiger partial charge in [-0.15, -0.1) is 0 Å². The van der Waals surface area contributed by atoms with Crippen molar-refractivity contribution in [3.05, 3.63) is 0 Å². The Kier molecular flexibility index (Phi) is 4.83. The van der Waals surface area contributed by atoms with Gasteiger partial charge >= 0.3 is 0 Å². The molecule has 0 aromatic heterocycles. The lowest BCUT2D eigenvalue weighted by Crippen LogP contribution is -2.27. The number of carbonyl (C=O) groups excluding carboxylic acids is 1. The molecule has 0 heterocycles. The predicted octanol–water partition coefficient (Wildman–Crippen LogP) is 0.902. The first kappa shape index (κ1) is 10.5. The van der Waals surface area contributed by atoms with Gasteiger partial charge in [-0.1, -0.05) is 19.3 Å². The van der Waals surface area contributed by atoms with Crippen molar-refractivity contribution in [2.45, 2.75) is 32.1 Å². The van der Waals surface area contributed by atoms with Crippen LogP contribution in [0.2, 0.25) is 0 Å². The van der Waals surface area contributed by atoms with Gasteiger partial charge < -0.3 is 10.6 Å². The zero-order valence-electron chi connectivity index (χ0n) is 8.44. The molecule has 1 rings (SSSR count). The molecular weight excluding hydrogens is 164 g/mol. The van der Waals surface area contributed by atoms with Crippen LogP contribution in [0.3, 0.4) is 0 Å². The van der Waals surface area contributed by atoms with Gasteiger partial charge in [0.1, 0.15) is 0 Å². The lowest BCUT2D eigenvalue weighted by molar-refractivity contribution is -0.120. The van der Waals surface area contributed by atoms with Crippen LogP contribution in [0.5, 0.6) is 0 Å². The van der Waals surface area contributed by atoms with Crippen molar-refractivity contribution < 1.29 is 4.79 Å². The molecule has 0 bridgehead atoms. The van der Waals surface area contributed by atoms with Crippen molar-refractivity contribution >= 4 is 5.91 Å². The summed E-state index contributed by atoms with van der Waals surface area (Å²) in [6.07, 6.45) is 6.13. The van der Waals surface area contributed by atoms with Crippen LogP contribution in [0.25, 0.3) is 0 Å². The molecule has 3 nitrogen and oxygen atoms in total. The van der Waals surface area contributed by atoms with Crippen LogP contribution in [0, 0.1) is 5.92 Å². The predicted molar refractivity (Wildman–Crippen MR) is 53.5 cm³/mol. The SMILES string of the molecule is CNC(=O)CCNCCC1CCC1. The van der Waals surface area contributed by atoms with E-state index in [1.165, 1.54) is 25.7 Å². The topological polar surface area (TPSA) is 41.1 Å². The van der Waals surface area contributed by atoms with Gasteiger partial charge in [0, 0.05) is 20.0 Å². The van der Waals surface area contributed by atoms with E-state index < -0.39 is 0 Å². The third-order valence-corrected chi connectivity index (χ3v) is 2.76. The summed E-state index contributed by atoms with van der Waals surface area (Å²) in [4.78, 5) is 10.8. The molecule has 0 radical (unpaired) electrons. The number of hydrogen-bond donors (Lipinski definition) is 2. The van der Waals surface area contributed by atoms with Crippen LogP contribution >= 0.6 is 0 Å². The zero-order chi connectivity index (χ0) is 9.52. The average Bonchev–Trinajstić information content (AvgIpc) is 2.07. The van der Waals surface area contributed by atoms with Crippen LogP contribution in [-0.4, -0.2) is 26.0 Å². The monoisotopic (exact) mass is 184 g/mol. The van der Waals surface area contributed by atoms with Crippen LogP contribution in [0.4, 0.5) is 0 Å². The van der Waals surface area contributed by atoms with E-state index in [0.29, 0.717) is 6.42 Å². The van der Waals surface area contributed by atoms with Crippen molar-refractivity contribution in [3.8, 4) is 0 Å². The molecule has 76 valence electrons. The first-order chi connectivity index (χ1) is 6.33. The summed E-state index contributed by atoms with van der Waals surface area (Å²) >= 11 is 0. The summed E-state index contributed by atoms with van der Waals surface area (Å²) in [5, 5.41) is 5.90. The third-order valence-electron chi connectivity index (χ3n) is 2.76. The number of hydrogen-bond acceptors (Lipinski definition) is 2. The molecule has 1 aliphatic rings. The van der Waals surface area contributed by atoms with Crippen molar-refractivity contribution in [1.82, 2.24) is 10.6 Å². The Labute approximate surface area is 80.3 Å². The largest absolute Gasteiger partial charge is 0.359 e. The maximum atomic E-state index is 10.8. The molecule has 2 N–H and O–H groups in total. The van der Waals surface area contributed by atoms with E-state index in [9.17, 15) is 4.79 Å². The number of nitrogens with one attached hydrogen (secondary N) is 2. The Hall–Kier alpha value is -0.570. The molecule has 0 unspecified atom stereocenters. The number of rotatable bonds is 6. The second-order valence-corrected chi connectivity index (χ2v) is 3.76. The standard InChI is InChI=1S/C10H20N2O/c1-11-10(13)6-8-12-7-5-9-3-2-4-9/h9,12H,2-8H2,1H3,(H,11,13). The van der Waals surface area contributed by atoms with Gasteiger partial charge in [-0.3, -0.25) is 4.79 Å². The highest BCUT2D eigenvalue weighted by Crippen LogP contribution is 2.28. The molecule has 0 atom stereocenters. The normalized spacial score (nSPS) is 16.7. The second kappa shape index (κ2) is 5.97. The molecular formula is C10H20N2O. The Balaban J connectivity index is 1.80. The fraction of sp³-hybridized carbons (Fsp3) is 0.900. The molecule has 0 saturated heterocycles. The Bertz CT molecular complexity index is 155. The van der Waals surface area contributed by atoms with Gasteiger partial charge in [0.2, 0.25) is 5.91 Å². The van der Waals surface area contributed by atoms with Crippen molar-refractivity contribution in [3.63, 3.8) is 0 Å². The third kappa shape index (κ3) is 4.27. The van der Waals surface area contributed by atoms with Crippen LogP contribution in [-0.2, 0) is 4.79 Å². The lowest BCUT2D eigenvalue weighted by Gasteiger charge is -2.25. The van der Waals surface area contributed by atoms with E-state index in [1.807, 2.05) is 0 Å². The smallest absolute Gasteiger partial charge is 0.221 e. The van der Waals surface area contributed by atoms with E-state index in [4.69, 9.17) is 0 Å². The highest BCUT2D eigenvalue weighted by Gasteiger charge is 2.15. The summed E-state index contributed by atoms with van der Waals surface area (Å²) < 4.78 is 0. The number of amides is 1. The summed E-state index contributed by atoms with van der Waals surface area (Å²) in [5.41, 5.74) is 0. The van der Waals surface area contributed by atoms with Crippen molar-refractivity contribution in [2.24, 2.45) is 5.92 Å². The van der Waals surface area contributed by atoms with Crippen LogP contribution in [0.15, 0.2) is 0 Å². The maximum absolute atomic E-state index is 10.8. The van der Waals surface area contributed by atoms with E-state index in [1.54, 1.807) is 7.05 Å². The van der Waals surface area contributed by atoms with Crippen LogP contribution < -0.4 is 10.6 Å². The van der Waals surface area contributed by atoms with Crippen LogP contribution in [0.1, 0.15) is 32.1 Å². The summed E-state index contributed by atoms with van der Waals surface area (Å²) in [6, 6.07) is 0. The molecule has 0 aliphatic heterocycles. The maximum Gasteiger partial charge on any atom is 0.221 e. The molecule has 0 aromatic rings. The molecule has 1 aliphatic carbocycles. The molecule has 1 amide bonds. The Morgan fingerprint density at radius 1 is 1.38 bits per heavy atom. The Morgan fingerprint density at radius 2 is 2.15 bits per heavy atom. The molecule has 0 aromatic carbocycles. The van der Waals surface area contributed by atoms with Gasteiger partial charge in [-0.05, 0) is 18.9 Å². The summed E-state index contributed by atoms with van der Waals surface area (Å²) in [6.45, 7) is 1.88. The summed E-state index contributed by atoms with van der Waals surface area (Å²) in [5.74, 6) is 1.09. The van der Waals surface area contributed by atoms with Crippen molar-refractivity contribution in [2.75, 3.05) is 20.1 Å². The Morgan fingerprint density at radius 3 is 2.69 bits per heavy atom. The molecule has 1 saturated carbocycles. The van der Waals surface area contributed by atoms with Gasteiger partial charge in [0.25, 0.3) is 0 Å². The first-order valence-electron chi connectivity index (χ1n) is 5.24. The van der Waals surface area contributed by atoms with Crippen molar-refractivity contribution in [1.29, 1.82) is 0 Å². The number of carbonyl (C=O) groups is 1. The van der Waals surface area contributed by atoms with Gasteiger partial charge in [0.05, 0.1) is 0 Å². The molecule has 0 spiro atoms. The van der Waals surface area contributed by atoms with Gasteiger partial charge in [0.15, 0.2) is 0 Å². The molecule has 3 heteroatoms. The van der Waals surface area contributed by atoms with Gasteiger partial charge in [-0.2, -0.15) is 0 Å². The van der Waals surface area contributed by atoms with E-state index in [2.05, 4.69) is 10.6 Å². The minimum Gasteiger partial charge on any atom is -0.359 e. The molecule has 13 heavy (non-hydrogen) atoms. The summed E-state index contributed by atoms with van der Waals surface area (Å²) in [7, 11) is 1.68. The minimum absolute atomic E-state index is 0.121. The fourth-order valence-electron chi connectivity index (χ4n) is 1.54. The molecule has 1 fully saturated rings. The highest BCUT2D eigenvalue weighted by atomic mass is 16.1. The first-order valence-corrected chi connectivity index (χ1v) is 5.24. The van der Waals surface area contributed by atoms with E-state index in [-0.39, 0.29) is 5.91 Å². The lowest BCUT2D eigenvalue weighted by atomic mass is 9.83. The fourth-order valence-corrected chi connectivity index (χ4v) is 1.54. The highest BCUT2D eigenvalue weighted by molar-refractivity contribution is 5.75. The van der Waals surface area contributed by atoms with E-state index in [0.717, 1.165) is 19.0 Å². The van der Waals surface area contributed by atoms with E-state index >= 15 is 0 Å². The van der Waals surface area contributed by atoms with Gasteiger partial charge in [-0.25, -0.2) is 0 Å². The second-order valence-electron chi connectivity index (χ2n) is 3.76. The zero-order valence-corrected chi connectivity index (χ0v) is 8.44.